The van der Waals surface area contributed by atoms with Crippen molar-refractivity contribution in [2.75, 3.05) is 32.9 Å². The van der Waals surface area contributed by atoms with Gasteiger partial charge in [-0.3, -0.25) is 14.5 Å². The Morgan fingerprint density at radius 2 is 1.79 bits per heavy atom. The number of ether oxygens (including phenoxy) is 1. The zero-order valence-corrected chi connectivity index (χ0v) is 17.3. The first kappa shape index (κ1) is 21.7. The maximum absolute atomic E-state index is 12.9. The van der Waals surface area contributed by atoms with Crippen molar-refractivity contribution >= 4 is 11.8 Å². The first-order chi connectivity index (χ1) is 14.0. The van der Waals surface area contributed by atoms with Crippen LogP contribution in [0.25, 0.3) is 0 Å². The van der Waals surface area contributed by atoms with Crippen LogP contribution in [0.5, 0.6) is 0 Å². The van der Waals surface area contributed by atoms with E-state index in [4.69, 9.17) is 4.74 Å². The summed E-state index contributed by atoms with van der Waals surface area (Å²) in [4.78, 5) is 28.1. The molecular formula is C22H33N3O4. The summed E-state index contributed by atoms with van der Waals surface area (Å²) in [5, 5.41) is 15.1. The van der Waals surface area contributed by atoms with Crippen molar-refractivity contribution in [1.29, 1.82) is 0 Å². The van der Waals surface area contributed by atoms with Crippen LogP contribution in [0.3, 0.4) is 0 Å². The molecule has 1 heterocycles. The molecule has 1 saturated carbocycles. The average molecular weight is 404 g/mol. The predicted molar refractivity (Wildman–Crippen MR) is 111 cm³/mol. The molecule has 0 radical (unpaired) electrons. The van der Waals surface area contributed by atoms with Crippen molar-refractivity contribution in [1.82, 2.24) is 15.5 Å². The first-order valence-electron chi connectivity index (χ1n) is 10.7. The molecule has 0 aromatic heterocycles. The van der Waals surface area contributed by atoms with E-state index in [1.165, 1.54) is 0 Å². The fraction of sp³-hybridized carbons (Fsp3) is 0.636. The number of morpholine rings is 1. The number of rotatable bonds is 7. The summed E-state index contributed by atoms with van der Waals surface area (Å²) >= 11 is 0. The molecule has 1 atom stereocenters. The predicted octanol–water partition coefficient (Wildman–Crippen LogP) is 1.45. The lowest BCUT2D eigenvalue weighted by Crippen LogP contribution is -2.61. The second kappa shape index (κ2) is 10.2. The molecule has 3 N–H and O–H groups in total. The number of hydrogen-bond acceptors (Lipinski definition) is 5. The zero-order valence-electron chi connectivity index (χ0n) is 17.3. The summed E-state index contributed by atoms with van der Waals surface area (Å²) in [6.07, 6.45) is 4.12. The van der Waals surface area contributed by atoms with Gasteiger partial charge in [-0.05, 0) is 37.5 Å². The van der Waals surface area contributed by atoms with Crippen molar-refractivity contribution < 1.29 is 19.4 Å². The Labute approximate surface area is 172 Å². The normalized spacial score (nSPS) is 20.6. The van der Waals surface area contributed by atoms with Gasteiger partial charge in [0.05, 0.1) is 19.8 Å². The van der Waals surface area contributed by atoms with Gasteiger partial charge >= 0.3 is 0 Å². The molecule has 7 heteroatoms. The van der Waals surface area contributed by atoms with Gasteiger partial charge in [-0.1, -0.05) is 31.4 Å². The van der Waals surface area contributed by atoms with E-state index in [-0.39, 0.29) is 24.5 Å². The van der Waals surface area contributed by atoms with Crippen LogP contribution in [0, 0.1) is 0 Å². The second-order valence-corrected chi connectivity index (χ2v) is 8.24. The molecule has 1 aliphatic carbocycles. The highest BCUT2D eigenvalue weighted by atomic mass is 16.5. The number of carbonyl (C=O) groups is 2. The molecule has 2 aliphatic rings. The Morgan fingerprint density at radius 1 is 1.14 bits per heavy atom. The van der Waals surface area contributed by atoms with E-state index in [0.717, 1.165) is 57.7 Å². The number of aliphatic hydroxyl groups excluding tert-OH is 1. The molecule has 0 spiro atoms. The van der Waals surface area contributed by atoms with Crippen LogP contribution in [0.1, 0.15) is 54.9 Å². The monoisotopic (exact) mass is 403 g/mol. The van der Waals surface area contributed by atoms with Crippen molar-refractivity contribution in [2.24, 2.45) is 0 Å². The van der Waals surface area contributed by atoms with Gasteiger partial charge in [0.2, 0.25) is 5.91 Å². The lowest BCUT2D eigenvalue weighted by Gasteiger charge is -2.37. The molecule has 1 aromatic carbocycles. The number of benzene rings is 1. The van der Waals surface area contributed by atoms with Gasteiger partial charge in [-0.25, -0.2) is 0 Å². The van der Waals surface area contributed by atoms with E-state index in [0.29, 0.717) is 18.4 Å². The maximum atomic E-state index is 12.9. The minimum atomic E-state index is -0.898. The largest absolute Gasteiger partial charge is 0.394 e. The lowest BCUT2D eigenvalue weighted by atomic mass is 9.80. The van der Waals surface area contributed by atoms with Crippen LogP contribution in [0.15, 0.2) is 24.3 Å². The Kier molecular flexibility index (Phi) is 7.64. The van der Waals surface area contributed by atoms with Gasteiger partial charge < -0.3 is 20.5 Å². The van der Waals surface area contributed by atoms with Crippen molar-refractivity contribution in [3.63, 3.8) is 0 Å². The smallest absolute Gasteiger partial charge is 0.252 e. The van der Waals surface area contributed by atoms with Crippen LogP contribution in [0.4, 0.5) is 0 Å². The molecule has 3 rings (SSSR count). The molecular weight excluding hydrogens is 370 g/mol. The summed E-state index contributed by atoms with van der Waals surface area (Å²) in [5.41, 5.74) is 0.819. The van der Waals surface area contributed by atoms with Crippen molar-refractivity contribution in [3.05, 3.63) is 35.4 Å². The second-order valence-electron chi connectivity index (χ2n) is 8.24. The lowest BCUT2D eigenvalue weighted by molar-refractivity contribution is -0.129. The van der Waals surface area contributed by atoms with Gasteiger partial charge in [-0.15, -0.1) is 0 Å². The molecule has 2 fully saturated rings. The van der Waals surface area contributed by atoms with E-state index in [2.05, 4.69) is 15.5 Å². The summed E-state index contributed by atoms with van der Waals surface area (Å²) in [5.74, 6) is -0.423. The van der Waals surface area contributed by atoms with E-state index in [1.54, 1.807) is 6.92 Å². The van der Waals surface area contributed by atoms with Crippen LogP contribution in [0.2, 0.25) is 0 Å². The van der Waals surface area contributed by atoms with Crippen LogP contribution >= 0.6 is 0 Å². The minimum Gasteiger partial charge on any atom is -0.394 e. The number of nitrogens with one attached hydrogen (secondary N) is 2. The van der Waals surface area contributed by atoms with Crippen LogP contribution in [-0.4, -0.2) is 66.3 Å². The Bertz CT molecular complexity index is 680. The quantitative estimate of drug-likeness (QED) is 0.641. The maximum Gasteiger partial charge on any atom is 0.252 e. The highest BCUT2D eigenvalue weighted by Gasteiger charge is 2.41. The van der Waals surface area contributed by atoms with Crippen LogP contribution < -0.4 is 10.6 Å². The van der Waals surface area contributed by atoms with Gasteiger partial charge in [0.25, 0.3) is 5.91 Å². The topological polar surface area (TPSA) is 90.9 Å². The number of carbonyl (C=O) groups excluding carboxylic acids is 2. The third-order valence-electron chi connectivity index (χ3n) is 5.87. The minimum absolute atomic E-state index is 0.125. The fourth-order valence-electron chi connectivity index (χ4n) is 4.04. The number of aliphatic hydroxyl groups is 1. The third kappa shape index (κ3) is 5.78. The van der Waals surface area contributed by atoms with E-state index in [9.17, 15) is 14.7 Å². The molecule has 2 amide bonds. The molecule has 29 heavy (non-hydrogen) atoms. The molecule has 1 aliphatic heterocycles. The Morgan fingerprint density at radius 3 is 2.41 bits per heavy atom. The van der Waals surface area contributed by atoms with Crippen molar-refractivity contribution in [3.8, 4) is 0 Å². The molecule has 1 saturated heterocycles. The summed E-state index contributed by atoms with van der Waals surface area (Å²) in [6.45, 7) is 5.85. The molecule has 1 aromatic rings. The van der Waals surface area contributed by atoms with Gasteiger partial charge in [0.1, 0.15) is 5.54 Å². The van der Waals surface area contributed by atoms with Gasteiger partial charge in [0, 0.05) is 31.2 Å². The highest BCUT2D eigenvalue weighted by Crippen LogP contribution is 2.29. The SMILES string of the molecule is C[C@@H](CO)NC(=O)C1(NC(=O)c2ccc(CN3CCOCC3)cc2)CCCCC1. The standard InChI is InChI=1S/C22H33N3O4/c1-17(16-26)23-21(28)22(9-3-2-4-10-22)24-20(27)19-7-5-18(6-8-19)15-25-11-13-29-14-12-25/h5-8,17,26H,2-4,9-16H2,1H3,(H,23,28)(H,24,27)/t17-/m0/s1. The summed E-state index contributed by atoms with van der Waals surface area (Å²) in [7, 11) is 0. The summed E-state index contributed by atoms with van der Waals surface area (Å²) < 4.78 is 5.38. The van der Waals surface area contributed by atoms with E-state index >= 15 is 0 Å². The third-order valence-corrected chi connectivity index (χ3v) is 5.87. The first-order valence-corrected chi connectivity index (χ1v) is 10.7. The molecule has 0 bridgehead atoms. The number of nitrogens with zero attached hydrogens (tertiary/aromatic N) is 1. The average Bonchev–Trinajstić information content (AvgIpc) is 2.75. The molecule has 160 valence electrons. The molecule has 7 nitrogen and oxygen atoms in total. The highest BCUT2D eigenvalue weighted by molar-refractivity contribution is 5.99. The van der Waals surface area contributed by atoms with Gasteiger partial charge in [0.15, 0.2) is 0 Å². The van der Waals surface area contributed by atoms with E-state index < -0.39 is 5.54 Å². The van der Waals surface area contributed by atoms with E-state index in [1.807, 2.05) is 24.3 Å². The van der Waals surface area contributed by atoms with Gasteiger partial charge in [-0.2, -0.15) is 0 Å². The van der Waals surface area contributed by atoms with Crippen LogP contribution in [-0.2, 0) is 16.1 Å². The molecule has 0 unspecified atom stereocenters. The zero-order chi connectivity index (χ0) is 20.7. The fourth-order valence-corrected chi connectivity index (χ4v) is 4.04. The number of amides is 2. The Balaban J connectivity index is 1.65. The number of hydrogen-bond donors (Lipinski definition) is 3. The van der Waals surface area contributed by atoms with Crippen molar-refractivity contribution in [2.45, 2.75) is 57.2 Å². The Hall–Kier alpha value is -1.96. The summed E-state index contributed by atoms with van der Waals surface area (Å²) in [6, 6.07) is 7.28.